The van der Waals surface area contributed by atoms with Gasteiger partial charge in [0.2, 0.25) is 5.78 Å². The third kappa shape index (κ3) is 2.33. The van der Waals surface area contributed by atoms with Crippen molar-refractivity contribution in [2.75, 3.05) is 13.2 Å². The second kappa shape index (κ2) is 5.03. The number of hydrogen-bond donors (Lipinski definition) is 0. The van der Waals surface area contributed by atoms with Crippen molar-refractivity contribution in [3.63, 3.8) is 0 Å². The molecule has 3 nitrogen and oxygen atoms in total. The lowest BCUT2D eigenvalue weighted by Crippen LogP contribution is -2.05. The lowest BCUT2D eigenvalue weighted by molar-refractivity contribution is 0.101. The summed E-state index contributed by atoms with van der Waals surface area (Å²) < 4.78 is 5.28. The van der Waals surface area contributed by atoms with Crippen LogP contribution in [-0.4, -0.2) is 18.9 Å². The third-order valence-electron chi connectivity index (χ3n) is 1.71. The quantitative estimate of drug-likeness (QED) is 0.537. The van der Waals surface area contributed by atoms with Gasteiger partial charge < -0.3 is 9.58 Å². The third-order valence-corrected chi connectivity index (χ3v) is 1.71. The number of para-hydroxylation sites is 1. The van der Waals surface area contributed by atoms with Crippen LogP contribution in [0, 0.1) is 6.57 Å². The molecule has 0 unspecified atom stereocenters. The van der Waals surface area contributed by atoms with Crippen LogP contribution in [-0.2, 0) is 0 Å². The molecule has 0 saturated heterocycles. The van der Waals surface area contributed by atoms with E-state index < -0.39 is 0 Å². The van der Waals surface area contributed by atoms with Crippen LogP contribution in [0.3, 0.4) is 0 Å². The molecular weight excluding hydrogens is 178 g/mol. The van der Waals surface area contributed by atoms with E-state index in [1.165, 1.54) is 0 Å². The fraction of sp³-hybridized carbons (Fsp3) is 0.273. The van der Waals surface area contributed by atoms with Gasteiger partial charge in [0.05, 0.1) is 12.2 Å². The van der Waals surface area contributed by atoms with Crippen LogP contribution >= 0.6 is 0 Å². The molecule has 3 heteroatoms. The standard InChI is InChI=1S/C11H11NO2/c1-3-14-11-7-5-4-6-9(11)10(13)8-12-2/h4-7H,3,8H2,1H3. The topological polar surface area (TPSA) is 30.7 Å². The molecule has 0 fully saturated rings. The van der Waals surface area contributed by atoms with E-state index in [9.17, 15) is 4.79 Å². The smallest absolute Gasteiger partial charge is 0.276 e. The molecule has 0 aliphatic carbocycles. The summed E-state index contributed by atoms with van der Waals surface area (Å²) in [6.45, 7) is 8.87. The number of ether oxygens (including phenoxy) is 1. The number of benzene rings is 1. The molecule has 0 radical (unpaired) electrons. The van der Waals surface area contributed by atoms with Gasteiger partial charge in [0.25, 0.3) is 6.54 Å². The van der Waals surface area contributed by atoms with Crippen LogP contribution in [0.2, 0.25) is 0 Å². The maximum atomic E-state index is 11.4. The van der Waals surface area contributed by atoms with Gasteiger partial charge >= 0.3 is 0 Å². The fourth-order valence-electron chi connectivity index (χ4n) is 1.14. The minimum absolute atomic E-state index is 0.121. The number of ketones is 1. The van der Waals surface area contributed by atoms with Gasteiger partial charge in [-0.1, -0.05) is 12.1 Å². The van der Waals surface area contributed by atoms with Crippen molar-refractivity contribution in [1.82, 2.24) is 0 Å². The van der Waals surface area contributed by atoms with E-state index >= 15 is 0 Å². The molecule has 1 rings (SSSR count). The molecule has 0 spiro atoms. The molecule has 72 valence electrons. The van der Waals surface area contributed by atoms with Crippen LogP contribution in [0.5, 0.6) is 5.75 Å². The number of carbonyl (C=O) groups is 1. The molecule has 1 aromatic rings. The molecule has 0 aliphatic heterocycles. The first-order chi connectivity index (χ1) is 6.79. The molecule has 0 bridgehead atoms. The highest BCUT2D eigenvalue weighted by Gasteiger charge is 2.13. The average Bonchev–Trinajstić information content (AvgIpc) is 2.19. The second-order valence-electron chi connectivity index (χ2n) is 2.67. The van der Waals surface area contributed by atoms with Crippen LogP contribution in [0.4, 0.5) is 0 Å². The Kier molecular flexibility index (Phi) is 3.69. The maximum Gasteiger partial charge on any atom is 0.276 e. The van der Waals surface area contributed by atoms with Crippen LogP contribution in [0.25, 0.3) is 4.85 Å². The molecule has 0 heterocycles. The molecule has 0 aliphatic rings. The molecule has 0 saturated carbocycles. The highest BCUT2D eigenvalue weighted by atomic mass is 16.5. The lowest BCUT2D eigenvalue weighted by atomic mass is 10.1. The van der Waals surface area contributed by atoms with Gasteiger partial charge in [0, 0.05) is 0 Å². The van der Waals surface area contributed by atoms with Gasteiger partial charge in [-0.3, -0.25) is 4.79 Å². The SMILES string of the molecule is [C-]#[N+]CC(=O)c1ccccc1OCC. The summed E-state index contributed by atoms with van der Waals surface area (Å²) in [4.78, 5) is 14.5. The Balaban J connectivity index is 2.95. The Morgan fingerprint density at radius 3 is 2.86 bits per heavy atom. The van der Waals surface area contributed by atoms with E-state index in [1.807, 2.05) is 6.92 Å². The highest BCUT2D eigenvalue weighted by molar-refractivity contribution is 6.00. The first kappa shape index (κ1) is 10.3. The van der Waals surface area contributed by atoms with Gasteiger partial charge in [0.15, 0.2) is 0 Å². The monoisotopic (exact) mass is 189 g/mol. The molecule has 0 N–H and O–H groups in total. The Labute approximate surface area is 83.1 Å². The average molecular weight is 189 g/mol. The van der Waals surface area contributed by atoms with Crippen molar-refractivity contribution >= 4 is 5.78 Å². The number of nitrogens with zero attached hydrogens (tertiary/aromatic N) is 1. The van der Waals surface area contributed by atoms with Gasteiger partial charge in [-0.05, 0) is 19.1 Å². The van der Waals surface area contributed by atoms with Crippen molar-refractivity contribution in [1.29, 1.82) is 0 Å². The van der Waals surface area contributed by atoms with Crippen LogP contribution in [0.15, 0.2) is 24.3 Å². The summed E-state index contributed by atoms with van der Waals surface area (Å²) in [5.74, 6) is 0.368. The summed E-state index contributed by atoms with van der Waals surface area (Å²) in [5.41, 5.74) is 0.491. The molecule has 0 aromatic heterocycles. The second-order valence-corrected chi connectivity index (χ2v) is 2.67. The van der Waals surface area contributed by atoms with Crippen molar-refractivity contribution in [3.8, 4) is 5.75 Å². The van der Waals surface area contributed by atoms with Crippen molar-refractivity contribution in [3.05, 3.63) is 41.2 Å². The van der Waals surface area contributed by atoms with E-state index in [0.717, 1.165) is 0 Å². The van der Waals surface area contributed by atoms with Gasteiger partial charge in [-0.2, -0.15) is 0 Å². The zero-order valence-corrected chi connectivity index (χ0v) is 7.99. The van der Waals surface area contributed by atoms with Crippen molar-refractivity contribution in [2.24, 2.45) is 0 Å². The first-order valence-electron chi connectivity index (χ1n) is 4.37. The minimum Gasteiger partial charge on any atom is -0.493 e. The predicted molar refractivity (Wildman–Crippen MR) is 53.4 cm³/mol. The highest BCUT2D eigenvalue weighted by Crippen LogP contribution is 2.18. The summed E-state index contributed by atoms with van der Waals surface area (Å²) in [7, 11) is 0. The van der Waals surface area contributed by atoms with Crippen LogP contribution in [0.1, 0.15) is 17.3 Å². The lowest BCUT2D eigenvalue weighted by Gasteiger charge is -2.06. The van der Waals surface area contributed by atoms with Gasteiger partial charge in [0.1, 0.15) is 5.75 Å². The predicted octanol–water partition coefficient (Wildman–Crippen LogP) is 2.19. The Morgan fingerprint density at radius 1 is 1.50 bits per heavy atom. The number of carbonyl (C=O) groups excluding carboxylic acids is 1. The van der Waals surface area contributed by atoms with E-state index in [4.69, 9.17) is 11.3 Å². The molecule has 0 amide bonds. The first-order valence-corrected chi connectivity index (χ1v) is 4.37. The number of hydrogen-bond acceptors (Lipinski definition) is 2. The molecule has 14 heavy (non-hydrogen) atoms. The zero-order chi connectivity index (χ0) is 10.4. The fourth-order valence-corrected chi connectivity index (χ4v) is 1.14. The van der Waals surface area contributed by atoms with E-state index in [0.29, 0.717) is 17.9 Å². The van der Waals surface area contributed by atoms with E-state index in [-0.39, 0.29) is 12.3 Å². The Bertz CT molecular complexity index is 366. The normalized spacial score (nSPS) is 9.14. The number of rotatable bonds is 4. The Morgan fingerprint density at radius 2 is 2.21 bits per heavy atom. The summed E-state index contributed by atoms with van der Waals surface area (Å²) in [6.07, 6.45) is 0. The molecule has 0 atom stereocenters. The summed E-state index contributed by atoms with van der Waals surface area (Å²) in [6, 6.07) is 6.98. The van der Waals surface area contributed by atoms with Crippen molar-refractivity contribution < 1.29 is 9.53 Å². The number of Topliss-reactive ketones (excluding diaryl/α,β-unsaturated/α-hetero) is 1. The summed E-state index contributed by atoms with van der Waals surface area (Å²) in [5, 5.41) is 0. The largest absolute Gasteiger partial charge is 0.493 e. The van der Waals surface area contributed by atoms with Crippen LogP contribution < -0.4 is 4.74 Å². The maximum absolute atomic E-state index is 11.4. The molecular formula is C11H11NO2. The minimum atomic E-state index is -0.191. The van der Waals surface area contributed by atoms with Gasteiger partial charge in [-0.15, -0.1) is 0 Å². The Hall–Kier alpha value is -1.82. The summed E-state index contributed by atoms with van der Waals surface area (Å²) >= 11 is 0. The zero-order valence-electron chi connectivity index (χ0n) is 7.99. The van der Waals surface area contributed by atoms with E-state index in [1.54, 1.807) is 24.3 Å². The van der Waals surface area contributed by atoms with E-state index in [2.05, 4.69) is 4.85 Å². The van der Waals surface area contributed by atoms with Crippen molar-refractivity contribution in [2.45, 2.75) is 6.92 Å². The van der Waals surface area contributed by atoms with Gasteiger partial charge in [-0.25, -0.2) is 6.57 Å². The molecule has 1 aromatic carbocycles.